The van der Waals surface area contributed by atoms with Crippen molar-refractivity contribution in [3.63, 3.8) is 0 Å². The van der Waals surface area contributed by atoms with Gasteiger partial charge in [0.05, 0.1) is 0 Å². The fourth-order valence-corrected chi connectivity index (χ4v) is 1.56. The lowest BCUT2D eigenvalue weighted by Crippen LogP contribution is -2.28. The molecule has 9 heavy (non-hydrogen) atoms. The topological polar surface area (TPSA) is 17.1 Å². The Morgan fingerprint density at radius 2 is 2.22 bits per heavy atom. The first kappa shape index (κ1) is 6.79. The summed E-state index contributed by atoms with van der Waals surface area (Å²) in [5.41, 5.74) is 0.446. The normalized spacial score (nSPS) is 22.8. The third-order valence-corrected chi connectivity index (χ3v) is 2.68. The molecule has 0 amide bonds. The van der Waals surface area contributed by atoms with Crippen LogP contribution in [-0.4, -0.2) is 6.29 Å². The molecule has 1 heteroatoms. The minimum absolute atomic E-state index is 0.446. The summed E-state index contributed by atoms with van der Waals surface area (Å²) in [5, 5.41) is 0. The van der Waals surface area contributed by atoms with Gasteiger partial charge < -0.3 is 4.79 Å². The summed E-state index contributed by atoms with van der Waals surface area (Å²) >= 11 is 0. The SMILES string of the molecule is CCC1(CC=O)CCC1. The molecule has 0 unspecified atom stereocenters. The Hall–Kier alpha value is -0.330. The predicted octanol–water partition coefficient (Wildman–Crippen LogP) is 2.16. The third kappa shape index (κ3) is 1.15. The molecule has 52 valence electrons. The van der Waals surface area contributed by atoms with Crippen LogP contribution in [0.25, 0.3) is 0 Å². The third-order valence-electron chi connectivity index (χ3n) is 2.68. The van der Waals surface area contributed by atoms with Gasteiger partial charge >= 0.3 is 0 Å². The summed E-state index contributed by atoms with van der Waals surface area (Å²) in [5.74, 6) is 0. The van der Waals surface area contributed by atoms with Gasteiger partial charge in [-0.3, -0.25) is 0 Å². The molecule has 0 aromatic rings. The van der Waals surface area contributed by atoms with E-state index in [0.717, 1.165) is 12.7 Å². The Morgan fingerprint density at radius 3 is 2.33 bits per heavy atom. The number of aldehydes is 1. The van der Waals surface area contributed by atoms with Crippen molar-refractivity contribution in [1.29, 1.82) is 0 Å². The van der Waals surface area contributed by atoms with Crippen molar-refractivity contribution in [2.75, 3.05) is 0 Å². The summed E-state index contributed by atoms with van der Waals surface area (Å²) in [6, 6.07) is 0. The van der Waals surface area contributed by atoms with Crippen LogP contribution in [0.1, 0.15) is 39.0 Å². The summed E-state index contributed by atoms with van der Waals surface area (Å²) in [6.45, 7) is 2.18. The Bertz CT molecular complexity index is 97.6. The molecule has 0 aromatic heterocycles. The van der Waals surface area contributed by atoms with E-state index in [1.165, 1.54) is 25.7 Å². The summed E-state index contributed by atoms with van der Waals surface area (Å²) < 4.78 is 0. The van der Waals surface area contributed by atoms with Gasteiger partial charge in [-0.15, -0.1) is 0 Å². The molecular weight excluding hydrogens is 112 g/mol. The molecule has 0 atom stereocenters. The van der Waals surface area contributed by atoms with Gasteiger partial charge in [0.2, 0.25) is 0 Å². The summed E-state index contributed by atoms with van der Waals surface area (Å²) in [4.78, 5) is 10.2. The molecule has 1 fully saturated rings. The summed E-state index contributed by atoms with van der Waals surface area (Å²) in [7, 11) is 0. The maximum Gasteiger partial charge on any atom is 0.120 e. The predicted molar refractivity (Wildman–Crippen MR) is 37.3 cm³/mol. The Morgan fingerprint density at radius 1 is 1.56 bits per heavy atom. The Balaban J connectivity index is 2.36. The highest BCUT2D eigenvalue weighted by Crippen LogP contribution is 2.45. The largest absolute Gasteiger partial charge is 0.303 e. The highest BCUT2D eigenvalue weighted by Gasteiger charge is 2.34. The molecule has 1 aliphatic rings. The van der Waals surface area contributed by atoms with Gasteiger partial charge in [-0.1, -0.05) is 19.8 Å². The van der Waals surface area contributed by atoms with Crippen LogP contribution in [0.4, 0.5) is 0 Å². The van der Waals surface area contributed by atoms with Crippen LogP contribution in [0.2, 0.25) is 0 Å². The molecule has 0 radical (unpaired) electrons. The van der Waals surface area contributed by atoms with E-state index < -0.39 is 0 Å². The first-order chi connectivity index (χ1) is 4.33. The van der Waals surface area contributed by atoms with Crippen molar-refractivity contribution >= 4 is 6.29 Å². The van der Waals surface area contributed by atoms with Crippen LogP contribution in [0.5, 0.6) is 0 Å². The Labute approximate surface area is 56.4 Å². The molecule has 0 aromatic carbocycles. The van der Waals surface area contributed by atoms with E-state index in [9.17, 15) is 4.79 Å². The zero-order valence-corrected chi connectivity index (χ0v) is 6.02. The van der Waals surface area contributed by atoms with Gasteiger partial charge in [-0.2, -0.15) is 0 Å². The molecule has 1 aliphatic carbocycles. The molecule has 0 spiro atoms. The van der Waals surface area contributed by atoms with Crippen LogP contribution in [-0.2, 0) is 4.79 Å². The molecule has 0 saturated heterocycles. The van der Waals surface area contributed by atoms with Crippen LogP contribution in [0.3, 0.4) is 0 Å². The van der Waals surface area contributed by atoms with E-state index in [-0.39, 0.29) is 0 Å². The van der Waals surface area contributed by atoms with Crippen LogP contribution in [0, 0.1) is 5.41 Å². The van der Waals surface area contributed by atoms with E-state index in [2.05, 4.69) is 6.92 Å². The van der Waals surface area contributed by atoms with Crippen LogP contribution >= 0.6 is 0 Å². The minimum atomic E-state index is 0.446. The number of carbonyl (C=O) groups is 1. The average molecular weight is 126 g/mol. The smallest absolute Gasteiger partial charge is 0.120 e. The molecule has 1 nitrogen and oxygen atoms in total. The van der Waals surface area contributed by atoms with E-state index in [4.69, 9.17) is 0 Å². The van der Waals surface area contributed by atoms with Gasteiger partial charge in [0.25, 0.3) is 0 Å². The lowest BCUT2D eigenvalue weighted by Gasteiger charge is -2.39. The lowest BCUT2D eigenvalue weighted by molar-refractivity contribution is -0.111. The minimum Gasteiger partial charge on any atom is -0.303 e. The van der Waals surface area contributed by atoms with Crippen molar-refractivity contribution in [2.45, 2.75) is 39.0 Å². The highest BCUT2D eigenvalue weighted by molar-refractivity contribution is 5.51. The van der Waals surface area contributed by atoms with Gasteiger partial charge in [-0.05, 0) is 18.3 Å². The second kappa shape index (κ2) is 2.51. The quantitative estimate of drug-likeness (QED) is 0.529. The second-order valence-corrected chi connectivity index (χ2v) is 3.08. The Kier molecular flexibility index (Phi) is 1.89. The number of carbonyl (C=O) groups excluding carboxylic acids is 1. The molecule has 0 aliphatic heterocycles. The standard InChI is InChI=1S/C8H14O/c1-2-8(6-7-9)4-3-5-8/h7H,2-6H2,1H3. The monoisotopic (exact) mass is 126 g/mol. The van der Waals surface area contributed by atoms with Crippen molar-refractivity contribution in [3.05, 3.63) is 0 Å². The van der Waals surface area contributed by atoms with Crippen molar-refractivity contribution < 1.29 is 4.79 Å². The van der Waals surface area contributed by atoms with Gasteiger partial charge in [0.1, 0.15) is 6.29 Å². The first-order valence-corrected chi connectivity index (χ1v) is 3.77. The maximum absolute atomic E-state index is 10.2. The van der Waals surface area contributed by atoms with E-state index >= 15 is 0 Å². The molecule has 0 N–H and O–H groups in total. The first-order valence-electron chi connectivity index (χ1n) is 3.77. The van der Waals surface area contributed by atoms with Crippen molar-refractivity contribution in [2.24, 2.45) is 5.41 Å². The number of hydrogen-bond donors (Lipinski definition) is 0. The van der Waals surface area contributed by atoms with Crippen LogP contribution in [0.15, 0.2) is 0 Å². The fourth-order valence-electron chi connectivity index (χ4n) is 1.56. The van der Waals surface area contributed by atoms with Crippen molar-refractivity contribution in [3.8, 4) is 0 Å². The molecule has 1 rings (SSSR count). The molecule has 0 heterocycles. The lowest BCUT2D eigenvalue weighted by atomic mass is 9.65. The zero-order chi connectivity index (χ0) is 6.74. The summed E-state index contributed by atoms with van der Waals surface area (Å²) in [6.07, 6.45) is 6.95. The van der Waals surface area contributed by atoms with Gasteiger partial charge in [-0.25, -0.2) is 0 Å². The molecule has 0 bridgehead atoms. The number of hydrogen-bond acceptors (Lipinski definition) is 1. The highest BCUT2D eigenvalue weighted by atomic mass is 16.1. The van der Waals surface area contributed by atoms with E-state index in [1.54, 1.807) is 0 Å². The van der Waals surface area contributed by atoms with Gasteiger partial charge in [0.15, 0.2) is 0 Å². The maximum atomic E-state index is 10.2. The second-order valence-electron chi connectivity index (χ2n) is 3.08. The van der Waals surface area contributed by atoms with E-state index in [1.807, 2.05) is 0 Å². The molecule has 1 saturated carbocycles. The molecular formula is C8H14O. The zero-order valence-electron chi connectivity index (χ0n) is 6.02. The van der Waals surface area contributed by atoms with Gasteiger partial charge in [0, 0.05) is 6.42 Å². The average Bonchev–Trinajstić information content (AvgIpc) is 1.79. The fraction of sp³-hybridized carbons (Fsp3) is 0.875. The van der Waals surface area contributed by atoms with E-state index in [0.29, 0.717) is 5.41 Å². The number of rotatable bonds is 3. The van der Waals surface area contributed by atoms with Crippen LogP contribution < -0.4 is 0 Å². The van der Waals surface area contributed by atoms with Crippen molar-refractivity contribution in [1.82, 2.24) is 0 Å².